The molecule has 0 radical (unpaired) electrons. The maximum atomic E-state index is 12.5. The van der Waals surface area contributed by atoms with E-state index < -0.39 is 10.8 Å². The van der Waals surface area contributed by atoms with Crippen molar-refractivity contribution >= 4 is 28.1 Å². The standard InChI is InChI=1S/C13H16ClN3O2S/c1-8-10(13(14)17(2)16-8)7-20(18)12-6-9(19-3)4-5-11(12)15/h4-6H,7,15H2,1-3H3. The zero-order valence-corrected chi connectivity index (χ0v) is 13.1. The van der Waals surface area contributed by atoms with Crippen molar-refractivity contribution in [3.8, 4) is 5.75 Å². The lowest BCUT2D eigenvalue weighted by atomic mass is 10.3. The van der Waals surface area contributed by atoms with Gasteiger partial charge in [0.05, 0.1) is 34.3 Å². The second-order valence-electron chi connectivity index (χ2n) is 4.37. The lowest BCUT2D eigenvalue weighted by molar-refractivity contribution is 0.413. The van der Waals surface area contributed by atoms with Gasteiger partial charge in [-0.1, -0.05) is 11.6 Å². The number of benzene rings is 1. The molecule has 0 aliphatic rings. The number of halogens is 1. The van der Waals surface area contributed by atoms with Crippen molar-refractivity contribution in [1.29, 1.82) is 0 Å². The third-order valence-electron chi connectivity index (χ3n) is 3.01. The van der Waals surface area contributed by atoms with E-state index in [0.29, 0.717) is 21.5 Å². The van der Waals surface area contributed by atoms with Crippen molar-refractivity contribution in [3.63, 3.8) is 0 Å². The van der Waals surface area contributed by atoms with Crippen LogP contribution in [0.4, 0.5) is 5.69 Å². The number of nitrogen functional groups attached to an aromatic ring is 1. The monoisotopic (exact) mass is 313 g/mol. The molecule has 5 nitrogen and oxygen atoms in total. The molecular formula is C13H16ClN3O2S. The topological polar surface area (TPSA) is 70.1 Å². The Kier molecular flexibility index (Phi) is 4.35. The Bertz CT molecular complexity index is 670. The fourth-order valence-corrected chi connectivity index (χ4v) is 3.55. The summed E-state index contributed by atoms with van der Waals surface area (Å²) in [5, 5.41) is 4.71. The molecule has 1 aromatic heterocycles. The van der Waals surface area contributed by atoms with Gasteiger partial charge in [-0.25, -0.2) is 0 Å². The van der Waals surface area contributed by atoms with Crippen LogP contribution >= 0.6 is 11.6 Å². The van der Waals surface area contributed by atoms with Gasteiger partial charge in [0.1, 0.15) is 10.9 Å². The minimum atomic E-state index is -1.31. The van der Waals surface area contributed by atoms with Gasteiger partial charge in [0.2, 0.25) is 0 Å². The lowest BCUT2D eigenvalue weighted by Crippen LogP contribution is -2.02. The van der Waals surface area contributed by atoms with E-state index in [0.717, 1.165) is 11.3 Å². The normalized spacial score (nSPS) is 12.4. The van der Waals surface area contributed by atoms with E-state index in [1.54, 1.807) is 37.0 Å². The Hall–Kier alpha value is -1.53. The first-order valence-electron chi connectivity index (χ1n) is 5.94. The third-order valence-corrected chi connectivity index (χ3v) is 4.88. The number of nitrogens with two attached hydrogens (primary N) is 1. The highest BCUT2D eigenvalue weighted by atomic mass is 35.5. The van der Waals surface area contributed by atoms with Crippen molar-refractivity contribution < 1.29 is 8.95 Å². The van der Waals surface area contributed by atoms with Crippen LogP contribution in [-0.2, 0) is 23.6 Å². The van der Waals surface area contributed by atoms with Gasteiger partial charge < -0.3 is 10.5 Å². The van der Waals surface area contributed by atoms with Gasteiger partial charge in [0.15, 0.2) is 0 Å². The van der Waals surface area contributed by atoms with Gasteiger partial charge in [-0.15, -0.1) is 0 Å². The molecule has 20 heavy (non-hydrogen) atoms. The number of rotatable bonds is 4. The summed E-state index contributed by atoms with van der Waals surface area (Å²) in [7, 11) is 2.00. The predicted molar refractivity (Wildman–Crippen MR) is 80.5 cm³/mol. The van der Waals surface area contributed by atoms with Gasteiger partial charge in [-0.2, -0.15) is 5.10 Å². The van der Waals surface area contributed by atoms with Gasteiger partial charge in [-0.05, 0) is 25.1 Å². The predicted octanol–water partition coefficient (Wildman–Crippen LogP) is 2.28. The highest BCUT2D eigenvalue weighted by Crippen LogP contribution is 2.27. The quantitative estimate of drug-likeness (QED) is 0.879. The number of nitrogens with zero attached hydrogens (tertiary/aromatic N) is 2. The Morgan fingerprint density at radius 2 is 2.20 bits per heavy atom. The van der Waals surface area contributed by atoms with Crippen molar-refractivity contribution in [2.45, 2.75) is 17.6 Å². The molecule has 0 aliphatic carbocycles. The third kappa shape index (κ3) is 2.81. The van der Waals surface area contributed by atoms with Crippen molar-refractivity contribution in [2.75, 3.05) is 12.8 Å². The molecule has 7 heteroatoms. The molecule has 1 atom stereocenters. The molecule has 1 heterocycles. The van der Waals surface area contributed by atoms with Crippen LogP contribution in [0.25, 0.3) is 0 Å². The number of hydrogen-bond acceptors (Lipinski definition) is 4. The number of aryl methyl sites for hydroxylation is 2. The smallest absolute Gasteiger partial charge is 0.131 e. The SMILES string of the molecule is COc1ccc(N)c(S(=O)Cc2c(C)nn(C)c2Cl)c1. The number of ether oxygens (including phenoxy) is 1. The first-order chi connectivity index (χ1) is 9.43. The zero-order valence-electron chi connectivity index (χ0n) is 11.5. The molecule has 2 rings (SSSR count). The summed E-state index contributed by atoms with van der Waals surface area (Å²) in [5.41, 5.74) is 7.90. The van der Waals surface area contributed by atoms with E-state index in [4.69, 9.17) is 22.1 Å². The molecule has 1 aromatic carbocycles. The maximum absolute atomic E-state index is 12.5. The number of hydrogen-bond donors (Lipinski definition) is 1. The van der Waals surface area contributed by atoms with E-state index in [-0.39, 0.29) is 5.75 Å². The first kappa shape index (κ1) is 14.9. The van der Waals surface area contributed by atoms with Crippen LogP contribution in [0.15, 0.2) is 23.1 Å². The van der Waals surface area contributed by atoms with E-state index in [1.807, 2.05) is 6.92 Å². The molecule has 0 spiro atoms. The summed E-state index contributed by atoms with van der Waals surface area (Å²) in [6, 6.07) is 5.10. The molecular weight excluding hydrogens is 298 g/mol. The zero-order chi connectivity index (χ0) is 14.9. The molecule has 2 N–H and O–H groups in total. The maximum Gasteiger partial charge on any atom is 0.131 e. The van der Waals surface area contributed by atoms with Gasteiger partial charge in [0, 0.05) is 18.3 Å². The van der Waals surface area contributed by atoms with E-state index in [9.17, 15) is 4.21 Å². The van der Waals surface area contributed by atoms with Crippen LogP contribution in [0.3, 0.4) is 0 Å². The number of anilines is 1. The number of methoxy groups -OCH3 is 1. The second kappa shape index (κ2) is 5.85. The fraction of sp³-hybridized carbons (Fsp3) is 0.308. The van der Waals surface area contributed by atoms with E-state index in [2.05, 4.69) is 5.10 Å². The Labute approximate surface area is 125 Å². The van der Waals surface area contributed by atoms with Gasteiger partial charge in [-0.3, -0.25) is 8.89 Å². The molecule has 2 aromatic rings. The minimum Gasteiger partial charge on any atom is -0.497 e. The van der Waals surface area contributed by atoms with Crippen LogP contribution < -0.4 is 10.5 Å². The highest BCUT2D eigenvalue weighted by Gasteiger charge is 2.17. The van der Waals surface area contributed by atoms with E-state index >= 15 is 0 Å². The van der Waals surface area contributed by atoms with Crippen LogP contribution in [0, 0.1) is 6.92 Å². The fourth-order valence-electron chi connectivity index (χ4n) is 1.89. The molecule has 0 aliphatic heterocycles. The average molecular weight is 314 g/mol. The summed E-state index contributed by atoms with van der Waals surface area (Å²) >= 11 is 6.15. The summed E-state index contributed by atoms with van der Waals surface area (Å²) in [5.74, 6) is 0.895. The molecule has 0 fully saturated rings. The Balaban J connectivity index is 2.33. The van der Waals surface area contributed by atoms with Crippen molar-refractivity contribution in [2.24, 2.45) is 7.05 Å². The highest BCUT2D eigenvalue weighted by molar-refractivity contribution is 7.84. The Morgan fingerprint density at radius 3 is 2.75 bits per heavy atom. The van der Waals surface area contributed by atoms with Gasteiger partial charge >= 0.3 is 0 Å². The van der Waals surface area contributed by atoms with Crippen LogP contribution in [0.5, 0.6) is 5.75 Å². The summed E-state index contributed by atoms with van der Waals surface area (Å²) < 4.78 is 19.2. The first-order valence-corrected chi connectivity index (χ1v) is 7.63. The number of aromatic nitrogens is 2. The Morgan fingerprint density at radius 1 is 1.50 bits per heavy atom. The van der Waals surface area contributed by atoms with Crippen LogP contribution in [-0.4, -0.2) is 21.1 Å². The molecule has 0 bridgehead atoms. The lowest BCUT2D eigenvalue weighted by Gasteiger charge is -2.08. The molecule has 0 saturated carbocycles. The minimum absolute atomic E-state index is 0.274. The van der Waals surface area contributed by atoms with Crippen molar-refractivity contribution in [1.82, 2.24) is 9.78 Å². The van der Waals surface area contributed by atoms with Crippen LogP contribution in [0.1, 0.15) is 11.3 Å². The molecule has 108 valence electrons. The molecule has 1 unspecified atom stereocenters. The van der Waals surface area contributed by atoms with Crippen LogP contribution in [0.2, 0.25) is 5.15 Å². The molecule has 0 saturated heterocycles. The summed E-state index contributed by atoms with van der Waals surface area (Å²) in [4.78, 5) is 0.545. The largest absolute Gasteiger partial charge is 0.497 e. The average Bonchev–Trinajstić information content (AvgIpc) is 2.66. The van der Waals surface area contributed by atoms with E-state index in [1.165, 1.54) is 0 Å². The summed E-state index contributed by atoms with van der Waals surface area (Å²) in [6.45, 7) is 1.84. The van der Waals surface area contributed by atoms with Gasteiger partial charge in [0.25, 0.3) is 0 Å². The van der Waals surface area contributed by atoms with Crippen molar-refractivity contribution in [3.05, 3.63) is 34.6 Å². The molecule has 0 amide bonds. The second-order valence-corrected chi connectivity index (χ2v) is 6.15. The summed E-state index contributed by atoms with van der Waals surface area (Å²) in [6.07, 6.45) is 0.